The van der Waals surface area contributed by atoms with Crippen LogP contribution in [0, 0.1) is 11.3 Å². The van der Waals surface area contributed by atoms with Gasteiger partial charge in [0.1, 0.15) is 0 Å². The summed E-state index contributed by atoms with van der Waals surface area (Å²) in [5, 5.41) is 5.65. The van der Waals surface area contributed by atoms with E-state index in [1.54, 1.807) is 0 Å². The highest BCUT2D eigenvalue weighted by molar-refractivity contribution is 7.09. The molecular weight excluding hydrogens is 276 g/mol. The molecule has 1 aromatic rings. The van der Waals surface area contributed by atoms with Gasteiger partial charge in [-0.1, -0.05) is 25.8 Å². The highest BCUT2D eigenvalue weighted by atomic mass is 32.1. The molecule has 1 aliphatic carbocycles. The maximum Gasteiger partial charge on any atom is 0.0112 e. The summed E-state index contributed by atoms with van der Waals surface area (Å²) in [6, 6.07) is 5.05. The molecule has 1 aromatic heterocycles. The summed E-state index contributed by atoms with van der Waals surface area (Å²) in [4.78, 5) is 4.10. The van der Waals surface area contributed by atoms with E-state index in [-0.39, 0.29) is 0 Å². The predicted octanol–water partition coefficient (Wildman–Crippen LogP) is 4.03. The molecule has 0 aliphatic heterocycles. The molecule has 1 aliphatic rings. The highest BCUT2D eigenvalue weighted by Crippen LogP contribution is 2.39. The standard InChI is InChI=1S/C18H32N2S/c1-15-7-5-9-18(12-15,13-19-3)14-20(4)16(2)11-17-8-6-10-21-17/h6,8,10,15-16,19H,5,7,9,11-14H2,1-4H3. The van der Waals surface area contributed by atoms with Crippen LogP contribution in [0.1, 0.15) is 44.4 Å². The van der Waals surface area contributed by atoms with Crippen LogP contribution in [-0.2, 0) is 6.42 Å². The van der Waals surface area contributed by atoms with Crippen molar-refractivity contribution in [2.75, 3.05) is 27.2 Å². The Bertz CT molecular complexity index is 399. The zero-order chi connectivity index (χ0) is 15.3. The minimum absolute atomic E-state index is 0.477. The van der Waals surface area contributed by atoms with Crippen LogP contribution in [0.15, 0.2) is 17.5 Å². The lowest BCUT2D eigenvalue weighted by Crippen LogP contribution is -2.47. The molecule has 2 nitrogen and oxygen atoms in total. The quantitative estimate of drug-likeness (QED) is 0.818. The third-order valence-electron chi connectivity index (χ3n) is 5.15. The summed E-state index contributed by atoms with van der Waals surface area (Å²) >= 11 is 1.89. The zero-order valence-electron chi connectivity index (χ0n) is 14.2. The van der Waals surface area contributed by atoms with E-state index in [2.05, 4.69) is 55.7 Å². The Morgan fingerprint density at radius 1 is 1.52 bits per heavy atom. The van der Waals surface area contributed by atoms with Crippen molar-refractivity contribution in [2.45, 2.75) is 52.0 Å². The van der Waals surface area contributed by atoms with Gasteiger partial charge >= 0.3 is 0 Å². The third kappa shape index (κ3) is 4.80. The molecule has 0 bridgehead atoms. The second-order valence-corrected chi connectivity index (χ2v) is 8.31. The summed E-state index contributed by atoms with van der Waals surface area (Å²) < 4.78 is 0. The van der Waals surface area contributed by atoms with Crippen molar-refractivity contribution in [1.82, 2.24) is 10.2 Å². The van der Waals surface area contributed by atoms with Crippen molar-refractivity contribution in [3.63, 3.8) is 0 Å². The van der Waals surface area contributed by atoms with Gasteiger partial charge in [-0.2, -0.15) is 0 Å². The van der Waals surface area contributed by atoms with Crippen LogP contribution in [0.4, 0.5) is 0 Å². The summed E-state index contributed by atoms with van der Waals surface area (Å²) in [5.74, 6) is 0.883. The Kier molecular flexibility index (Phi) is 6.27. The zero-order valence-corrected chi connectivity index (χ0v) is 15.0. The van der Waals surface area contributed by atoms with Crippen LogP contribution in [0.25, 0.3) is 0 Å². The number of rotatable bonds is 7. The molecule has 1 fully saturated rings. The lowest BCUT2D eigenvalue weighted by molar-refractivity contribution is 0.0778. The molecule has 0 amide bonds. The first-order valence-corrected chi connectivity index (χ1v) is 9.30. The minimum Gasteiger partial charge on any atom is -0.319 e. The Morgan fingerprint density at radius 2 is 2.33 bits per heavy atom. The van der Waals surface area contributed by atoms with Gasteiger partial charge in [0.25, 0.3) is 0 Å². The molecule has 0 aromatic carbocycles. The van der Waals surface area contributed by atoms with Gasteiger partial charge in [-0.3, -0.25) is 0 Å². The van der Waals surface area contributed by atoms with Gasteiger partial charge in [-0.25, -0.2) is 0 Å². The van der Waals surface area contributed by atoms with Crippen LogP contribution in [0.5, 0.6) is 0 Å². The van der Waals surface area contributed by atoms with E-state index >= 15 is 0 Å². The fourth-order valence-corrected chi connectivity index (χ4v) is 4.89. The predicted molar refractivity (Wildman–Crippen MR) is 94.1 cm³/mol. The summed E-state index contributed by atoms with van der Waals surface area (Å²) in [6.45, 7) is 7.19. The second-order valence-electron chi connectivity index (χ2n) is 7.28. The average Bonchev–Trinajstić information content (AvgIpc) is 2.91. The maximum absolute atomic E-state index is 3.46. The number of thiophene rings is 1. The average molecular weight is 309 g/mol. The Morgan fingerprint density at radius 3 is 2.95 bits per heavy atom. The third-order valence-corrected chi connectivity index (χ3v) is 6.05. The fourth-order valence-electron chi connectivity index (χ4n) is 4.06. The summed E-state index contributed by atoms with van der Waals surface area (Å²) in [6.07, 6.45) is 6.76. The number of hydrogen-bond donors (Lipinski definition) is 1. The molecule has 3 atom stereocenters. The number of likely N-dealkylation sites (N-methyl/N-ethyl adjacent to an activating group) is 1. The Hall–Kier alpha value is -0.380. The number of hydrogen-bond acceptors (Lipinski definition) is 3. The Balaban J connectivity index is 1.95. The van der Waals surface area contributed by atoms with E-state index in [1.807, 2.05) is 11.3 Å². The molecule has 0 spiro atoms. The fraction of sp³-hybridized carbons (Fsp3) is 0.778. The first-order chi connectivity index (χ1) is 10.0. The molecule has 2 rings (SSSR count). The van der Waals surface area contributed by atoms with E-state index in [0.717, 1.165) is 12.5 Å². The van der Waals surface area contributed by atoms with E-state index < -0.39 is 0 Å². The lowest BCUT2D eigenvalue weighted by atomic mass is 9.69. The van der Waals surface area contributed by atoms with Gasteiger partial charge in [-0.05, 0) is 63.1 Å². The van der Waals surface area contributed by atoms with Crippen molar-refractivity contribution in [1.29, 1.82) is 0 Å². The van der Waals surface area contributed by atoms with Crippen LogP contribution in [0.2, 0.25) is 0 Å². The molecule has 3 unspecified atom stereocenters. The van der Waals surface area contributed by atoms with Gasteiger partial charge in [-0.15, -0.1) is 11.3 Å². The number of nitrogens with zero attached hydrogens (tertiary/aromatic N) is 1. The molecule has 0 saturated heterocycles. The van der Waals surface area contributed by atoms with Crippen LogP contribution < -0.4 is 5.32 Å². The van der Waals surface area contributed by atoms with Crippen molar-refractivity contribution >= 4 is 11.3 Å². The molecule has 1 saturated carbocycles. The Labute approximate surface area is 134 Å². The van der Waals surface area contributed by atoms with Crippen molar-refractivity contribution in [2.24, 2.45) is 11.3 Å². The molecule has 0 radical (unpaired) electrons. The number of nitrogens with one attached hydrogen (secondary N) is 1. The topological polar surface area (TPSA) is 15.3 Å². The van der Waals surface area contributed by atoms with Gasteiger partial charge in [0.2, 0.25) is 0 Å². The van der Waals surface area contributed by atoms with Crippen LogP contribution in [0.3, 0.4) is 0 Å². The molecular formula is C18H32N2S. The maximum atomic E-state index is 3.46. The first-order valence-electron chi connectivity index (χ1n) is 8.42. The highest BCUT2D eigenvalue weighted by Gasteiger charge is 2.36. The molecule has 1 heterocycles. The molecule has 3 heteroatoms. The second kappa shape index (κ2) is 7.75. The summed E-state index contributed by atoms with van der Waals surface area (Å²) in [7, 11) is 4.42. The SMILES string of the molecule is CNCC1(CN(C)C(C)Cc2cccs2)CCCC(C)C1. The van der Waals surface area contributed by atoms with Crippen LogP contribution >= 0.6 is 11.3 Å². The monoisotopic (exact) mass is 308 g/mol. The normalized spacial score (nSPS) is 28.0. The van der Waals surface area contributed by atoms with E-state index in [4.69, 9.17) is 0 Å². The van der Waals surface area contributed by atoms with Crippen LogP contribution in [-0.4, -0.2) is 38.1 Å². The molecule has 1 N–H and O–H groups in total. The lowest BCUT2D eigenvalue weighted by Gasteiger charge is -2.44. The van der Waals surface area contributed by atoms with Gasteiger partial charge in [0, 0.05) is 24.0 Å². The smallest absolute Gasteiger partial charge is 0.0112 e. The minimum atomic E-state index is 0.477. The van der Waals surface area contributed by atoms with Gasteiger partial charge < -0.3 is 10.2 Å². The molecule has 21 heavy (non-hydrogen) atoms. The van der Waals surface area contributed by atoms with Gasteiger partial charge in [0.05, 0.1) is 0 Å². The van der Waals surface area contributed by atoms with Crippen molar-refractivity contribution < 1.29 is 0 Å². The van der Waals surface area contributed by atoms with Crippen molar-refractivity contribution in [3.8, 4) is 0 Å². The van der Waals surface area contributed by atoms with E-state index in [0.29, 0.717) is 11.5 Å². The van der Waals surface area contributed by atoms with Gasteiger partial charge in [0.15, 0.2) is 0 Å². The van der Waals surface area contributed by atoms with Crippen molar-refractivity contribution in [3.05, 3.63) is 22.4 Å². The summed E-state index contributed by atoms with van der Waals surface area (Å²) in [5.41, 5.74) is 0.477. The first kappa shape index (κ1) is 17.0. The van der Waals surface area contributed by atoms with E-state index in [1.165, 1.54) is 43.5 Å². The van der Waals surface area contributed by atoms with E-state index in [9.17, 15) is 0 Å². The largest absolute Gasteiger partial charge is 0.319 e. The molecule has 120 valence electrons.